The Morgan fingerprint density at radius 3 is 2.85 bits per heavy atom. The number of amides is 1. The molecular formula is C9H18N2O2. The number of primary amides is 1. The van der Waals surface area contributed by atoms with Gasteiger partial charge < -0.3 is 15.8 Å². The lowest BCUT2D eigenvalue weighted by Crippen LogP contribution is -2.48. The third-order valence-electron chi connectivity index (χ3n) is 2.54. The van der Waals surface area contributed by atoms with E-state index in [-0.39, 0.29) is 24.1 Å². The van der Waals surface area contributed by atoms with E-state index < -0.39 is 0 Å². The molecule has 0 bridgehead atoms. The first kappa shape index (κ1) is 10.5. The molecule has 3 unspecified atom stereocenters. The van der Waals surface area contributed by atoms with Crippen LogP contribution >= 0.6 is 0 Å². The molecule has 1 heterocycles. The lowest BCUT2D eigenvalue weighted by Gasteiger charge is -2.21. The molecule has 0 aromatic rings. The number of hydrogen-bond donors (Lipinski definition) is 2. The van der Waals surface area contributed by atoms with Crippen LogP contribution in [0.15, 0.2) is 0 Å². The first-order valence-corrected chi connectivity index (χ1v) is 4.82. The van der Waals surface area contributed by atoms with E-state index in [1.807, 2.05) is 13.8 Å². The highest BCUT2D eigenvalue weighted by atomic mass is 16.5. The fourth-order valence-electron chi connectivity index (χ4n) is 1.61. The maximum atomic E-state index is 10.9. The van der Waals surface area contributed by atoms with Gasteiger partial charge in [0.05, 0.1) is 12.1 Å². The van der Waals surface area contributed by atoms with Crippen molar-refractivity contribution in [2.75, 3.05) is 6.61 Å². The molecule has 3 N–H and O–H groups in total. The molecule has 0 aromatic heterocycles. The van der Waals surface area contributed by atoms with Crippen molar-refractivity contribution in [3.05, 3.63) is 0 Å². The number of carbonyl (C=O) groups excluding carboxylic acids is 1. The summed E-state index contributed by atoms with van der Waals surface area (Å²) in [6.45, 7) is 4.73. The number of rotatable bonds is 4. The van der Waals surface area contributed by atoms with Crippen LogP contribution in [-0.2, 0) is 9.53 Å². The van der Waals surface area contributed by atoms with Gasteiger partial charge in [-0.3, -0.25) is 4.79 Å². The van der Waals surface area contributed by atoms with Crippen LogP contribution < -0.4 is 11.1 Å². The fraction of sp³-hybridized carbons (Fsp3) is 0.889. The molecule has 1 amide bonds. The predicted molar refractivity (Wildman–Crippen MR) is 50.2 cm³/mol. The van der Waals surface area contributed by atoms with Gasteiger partial charge in [0, 0.05) is 12.6 Å². The van der Waals surface area contributed by atoms with Gasteiger partial charge in [0.15, 0.2) is 0 Å². The molecule has 1 rings (SSSR count). The molecule has 1 saturated heterocycles. The van der Waals surface area contributed by atoms with Gasteiger partial charge in [-0.15, -0.1) is 0 Å². The molecule has 4 nitrogen and oxygen atoms in total. The average molecular weight is 186 g/mol. The number of nitrogens with two attached hydrogens (primary N) is 1. The molecule has 76 valence electrons. The van der Waals surface area contributed by atoms with Crippen molar-refractivity contribution < 1.29 is 9.53 Å². The molecule has 1 fully saturated rings. The Kier molecular flexibility index (Phi) is 3.69. The molecule has 0 radical (unpaired) electrons. The summed E-state index contributed by atoms with van der Waals surface area (Å²) >= 11 is 0. The molecule has 1 aliphatic heterocycles. The minimum absolute atomic E-state index is 0.188. The van der Waals surface area contributed by atoms with Crippen LogP contribution in [0.4, 0.5) is 0 Å². The van der Waals surface area contributed by atoms with Crippen molar-refractivity contribution in [1.82, 2.24) is 5.32 Å². The van der Waals surface area contributed by atoms with Crippen molar-refractivity contribution in [1.29, 1.82) is 0 Å². The first-order valence-electron chi connectivity index (χ1n) is 4.82. The SMILES string of the molecule is CCC(NC1CCOC1C)C(N)=O. The summed E-state index contributed by atoms with van der Waals surface area (Å²) in [7, 11) is 0. The van der Waals surface area contributed by atoms with E-state index in [9.17, 15) is 4.79 Å². The zero-order valence-corrected chi connectivity index (χ0v) is 8.25. The lowest BCUT2D eigenvalue weighted by atomic mass is 10.1. The zero-order chi connectivity index (χ0) is 9.84. The van der Waals surface area contributed by atoms with Crippen LogP contribution in [0.2, 0.25) is 0 Å². The Hall–Kier alpha value is -0.610. The van der Waals surface area contributed by atoms with E-state index in [0.29, 0.717) is 0 Å². The Morgan fingerprint density at radius 1 is 1.77 bits per heavy atom. The molecule has 0 aromatic carbocycles. The van der Waals surface area contributed by atoms with Crippen molar-refractivity contribution in [3.63, 3.8) is 0 Å². The fourth-order valence-corrected chi connectivity index (χ4v) is 1.61. The van der Waals surface area contributed by atoms with Crippen LogP contribution in [0.1, 0.15) is 26.7 Å². The van der Waals surface area contributed by atoms with Crippen molar-refractivity contribution in [2.24, 2.45) is 5.73 Å². The molecule has 0 spiro atoms. The number of carbonyl (C=O) groups is 1. The van der Waals surface area contributed by atoms with Crippen LogP contribution in [0.3, 0.4) is 0 Å². The van der Waals surface area contributed by atoms with Crippen molar-refractivity contribution in [3.8, 4) is 0 Å². The topological polar surface area (TPSA) is 64.3 Å². The molecule has 4 heteroatoms. The summed E-state index contributed by atoms with van der Waals surface area (Å²) < 4.78 is 5.38. The third-order valence-corrected chi connectivity index (χ3v) is 2.54. The summed E-state index contributed by atoms with van der Waals surface area (Å²) in [5.74, 6) is -0.276. The van der Waals surface area contributed by atoms with E-state index in [4.69, 9.17) is 10.5 Å². The standard InChI is InChI=1S/C9H18N2O2/c1-3-7(9(10)12)11-8-4-5-13-6(8)2/h6-8,11H,3-5H2,1-2H3,(H2,10,12). The summed E-state index contributed by atoms with van der Waals surface area (Å²) in [4.78, 5) is 10.9. The van der Waals surface area contributed by atoms with E-state index >= 15 is 0 Å². The number of ether oxygens (including phenoxy) is 1. The summed E-state index contributed by atoms with van der Waals surface area (Å²) in [6, 6.07) is 0.0617. The highest BCUT2D eigenvalue weighted by Gasteiger charge is 2.27. The van der Waals surface area contributed by atoms with E-state index in [2.05, 4.69) is 5.32 Å². The first-order chi connectivity index (χ1) is 6.15. The van der Waals surface area contributed by atoms with Gasteiger partial charge in [-0.2, -0.15) is 0 Å². The van der Waals surface area contributed by atoms with Crippen LogP contribution in [0, 0.1) is 0 Å². The number of nitrogens with one attached hydrogen (secondary N) is 1. The smallest absolute Gasteiger partial charge is 0.234 e. The monoisotopic (exact) mass is 186 g/mol. The largest absolute Gasteiger partial charge is 0.377 e. The van der Waals surface area contributed by atoms with Gasteiger partial charge in [-0.25, -0.2) is 0 Å². The number of hydrogen-bond acceptors (Lipinski definition) is 3. The maximum Gasteiger partial charge on any atom is 0.234 e. The summed E-state index contributed by atoms with van der Waals surface area (Å²) in [5, 5.41) is 3.22. The van der Waals surface area contributed by atoms with Crippen molar-refractivity contribution in [2.45, 2.75) is 44.9 Å². The summed E-state index contributed by atoms with van der Waals surface area (Å²) in [6.07, 6.45) is 1.89. The molecule has 0 aliphatic carbocycles. The van der Waals surface area contributed by atoms with E-state index in [0.717, 1.165) is 19.4 Å². The van der Waals surface area contributed by atoms with Crippen LogP contribution in [-0.4, -0.2) is 30.7 Å². The minimum Gasteiger partial charge on any atom is -0.377 e. The van der Waals surface area contributed by atoms with Gasteiger partial charge in [-0.1, -0.05) is 6.92 Å². The lowest BCUT2D eigenvalue weighted by molar-refractivity contribution is -0.120. The van der Waals surface area contributed by atoms with Gasteiger partial charge >= 0.3 is 0 Å². The second-order valence-electron chi connectivity index (χ2n) is 3.50. The van der Waals surface area contributed by atoms with E-state index in [1.165, 1.54) is 0 Å². The van der Waals surface area contributed by atoms with Crippen molar-refractivity contribution >= 4 is 5.91 Å². The minimum atomic E-state index is -0.276. The highest BCUT2D eigenvalue weighted by Crippen LogP contribution is 2.13. The highest BCUT2D eigenvalue weighted by molar-refractivity contribution is 5.79. The second kappa shape index (κ2) is 4.58. The molecular weight excluding hydrogens is 168 g/mol. The average Bonchev–Trinajstić information content (AvgIpc) is 2.46. The molecule has 13 heavy (non-hydrogen) atoms. The molecule has 0 saturated carbocycles. The zero-order valence-electron chi connectivity index (χ0n) is 8.25. The van der Waals surface area contributed by atoms with Gasteiger partial charge in [0.1, 0.15) is 0 Å². The quantitative estimate of drug-likeness (QED) is 0.650. The normalized spacial score (nSPS) is 30.3. The Morgan fingerprint density at radius 2 is 2.46 bits per heavy atom. The Balaban J connectivity index is 2.41. The molecule has 1 aliphatic rings. The third kappa shape index (κ3) is 2.67. The second-order valence-corrected chi connectivity index (χ2v) is 3.50. The summed E-state index contributed by atoms with van der Waals surface area (Å²) in [5.41, 5.74) is 5.23. The molecule has 3 atom stereocenters. The Labute approximate surface area is 78.8 Å². The predicted octanol–water partition coefficient (Wildman–Crippen LogP) is 0.0173. The van der Waals surface area contributed by atoms with Gasteiger partial charge in [-0.05, 0) is 19.8 Å². The Bertz CT molecular complexity index is 184. The van der Waals surface area contributed by atoms with E-state index in [1.54, 1.807) is 0 Å². The van der Waals surface area contributed by atoms with Crippen LogP contribution in [0.25, 0.3) is 0 Å². The van der Waals surface area contributed by atoms with Gasteiger partial charge in [0.2, 0.25) is 5.91 Å². The van der Waals surface area contributed by atoms with Crippen LogP contribution in [0.5, 0.6) is 0 Å². The maximum absolute atomic E-state index is 10.9. The van der Waals surface area contributed by atoms with Gasteiger partial charge in [0.25, 0.3) is 0 Å².